The quantitative estimate of drug-likeness (QED) is 0.854. The molecule has 0 spiro atoms. The van der Waals surface area contributed by atoms with Crippen LogP contribution in [0.2, 0.25) is 5.02 Å². The summed E-state index contributed by atoms with van der Waals surface area (Å²) >= 11 is 11.6. The molecule has 0 fully saturated rings. The first-order chi connectivity index (χ1) is 8.13. The van der Waals surface area contributed by atoms with E-state index >= 15 is 0 Å². The number of nitrogens with one attached hydrogen (secondary N) is 1. The maximum absolute atomic E-state index is 6.38. The molecule has 90 valence electrons. The number of thiophene rings is 1. The lowest BCUT2D eigenvalue weighted by atomic mass is 10.0. The maximum atomic E-state index is 6.38. The summed E-state index contributed by atoms with van der Waals surface area (Å²) in [6.45, 7) is 2.03. The Hall–Kier alpha value is -0.350. The smallest absolute Gasteiger partial charge is 0.0702 e. The molecule has 0 aliphatic heterocycles. The van der Waals surface area contributed by atoms with Crippen molar-refractivity contribution in [3.63, 3.8) is 0 Å². The van der Waals surface area contributed by atoms with Gasteiger partial charge in [0, 0.05) is 9.90 Å². The van der Waals surface area contributed by atoms with Crippen LogP contribution in [0.5, 0.6) is 0 Å². The summed E-state index contributed by atoms with van der Waals surface area (Å²) in [7, 11) is 1.96. The van der Waals surface area contributed by atoms with Gasteiger partial charge in [0.1, 0.15) is 0 Å². The zero-order valence-electron chi connectivity index (χ0n) is 9.63. The van der Waals surface area contributed by atoms with Crippen LogP contribution in [0.1, 0.15) is 22.0 Å². The molecule has 0 bridgehead atoms. The monoisotopic (exact) mass is 329 g/mol. The molecule has 4 heteroatoms. The van der Waals surface area contributed by atoms with Crippen LogP contribution in [0.4, 0.5) is 0 Å². The summed E-state index contributed by atoms with van der Waals surface area (Å²) < 4.78 is 1.14. The van der Waals surface area contributed by atoms with Crippen LogP contribution in [-0.2, 0) is 0 Å². The Kier molecular flexibility index (Phi) is 4.26. The fourth-order valence-corrected chi connectivity index (χ4v) is 3.62. The van der Waals surface area contributed by atoms with E-state index in [0.29, 0.717) is 0 Å². The molecule has 2 aromatic rings. The topological polar surface area (TPSA) is 12.0 Å². The van der Waals surface area contributed by atoms with Crippen molar-refractivity contribution in [2.24, 2.45) is 0 Å². The van der Waals surface area contributed by atoms with E-state index in [0.717, 1.165) is 19.9 Å². The third kappa shape index (κ3) is 2.74. The molecule has 17 heavy (non-hydrogen) atoms. The highest BCUT2D eigenvalue weighted by Gasteiger charge is 2.17. The van der Waals surface area contributed by atoms with Gasteiger partial charge < -0.3 is 5.32 Å². The Morgan fingerprint density at radius 1 is 1.29 bits per heavy atom. The number of hydrogen-bond donors (Lipinski definition) is 1. The molecule has 1 nitrogen and oxygen atoms in total. The van der Waals surface area contributed by atoms with Gasteiger partial charge in [0.15, 0.2) is 0 Å². The zero-order chi connectivity index (χ0) is 12.4. The van der Waals surface area contributed by atoms with Crippen molar-refractivity contribution in [2.75, 3.05) is 7.05 Å². The molecule has 1 aromatic carbocycles. The first-order valence-corrected chi connectivity index (χ1v) is 7.29. The second-order valence-corrected chi connectivity index (χ2v) is 6.71. The van der Waals surface area contributed by atoms with E-state index in [9.17, 15) is 0 Å². The van der Waals surface area contributed by atoms with E-state index in [1.165, 1.54) is 4.88 Å². The van der Waals surface area contributed by atoms with Crippen LogP contribution in [0.3, 0.4) is 0 Å². The van der Waals surface area contributed by atoms with E-state index < -0.39 is 0 Å². The molecule has 1 aromatic heterocycles. The SMILES string of the molecule is CNC(c1ccc(Br)s1)c1cccc(C)c1Cl. The first kappa shape index (κ1) is 13.1. The van der Waals surface area contributed by atoms with Gasteiger partial charge in [-0.25, -0.2) is 0 Å². The van der Waals surface area contributed by atoms with Crippen molar-refractivity contribution in [3.05, 3.63) is 55.1 Å². The van der Waals surface area contributed by atoms with Crippen LogP contribution in [0, 0.1) is 6.92 Å². The summed E-state index contributed by atoms with van der Waals surface area (Å²) in [5.74, 6) is 0. The molecule has 0 saturated carbocycles. The maximum Gasteiger partial charge on any atom is 0.0702 e. The van der Waals surface area contributed by atoms with Crippen LogP contribution in [0.25, 0.3) is 0 Å². The van der Waals surface area contributed by atoms with E-state index in [-0.39, 0.29) is 6.04 Å². The fraction of sp³-hybridized carbons (Fsp3) is 0.231. The largest absolute Gasteiger partial charge is 0.309 e. The van der Waals surface area contributed by atoms with Gasteiger partial charge in [-0.2, -0.15) is 0 Å². The molecular weight excluding hydrogens is 318 g/mol. The van der Waals surface area contributed by atoms with Crippen molar-refractivity contribution in [2.45, 2.75) is 13.0 Å². The molecule has 1 N–H and O–H groups in total. The van der Waals surface area contributed by atoms with E-state index in [1.54, 1.807) is 11.3 Å². The van der Waals surface area contributed by atoms with Crippen LogP contribution in [-0.4, -0.2) is 7.05 Å². The fourth-order valence-electron chi connectivity index (χ4n) is 1.83. The van der Waals surface area contributed by atoms with E-state index in [4.69, 9.17) is 11.6 Å². The zero-order valence-corrected chi connectivity index (χ0v) is 12.8. The van der Waals surface area contributed by atoms with Crippen LogP contribution < -0.4 is 5.32 Å². The minimum Gasteiger partial charge on any atom is -0.309 e. The Labute approximate surface area is 119 Å². The number of benzene rings is 1. The average Bonchev–Trinajstić information content (AvgIpc) is 2.72. The van der Waals surface area contributed by atoms with Gasteiger partial charge in [-0.1, -0.05) is 29.8 Å². The highest BCUT2D eigenvalue weighted by Crippen LogP contribution is 2.35. The van der Waals surface area contributed by atoms with Crippen molar-refractivity contribution in [3.8, 4) is 0 Å². The molecule has 1 atom stereocenters. The Bertz CT molecular complexity index is 524. The summed E-state index contributed by atoms with van der Waals surface area (Å²) in [4.78, 5) is 1.26. The predicted molar refractivity (Wildman–Crippen MR) is 79.1 cm³/mol. The van der Waals surface area contributed by atoms with E-state index in [1.807, 2.05) is 26.1 Å². The summed E-state index contributed by atoms with van der Waals surface area (Å²) in [6.07, 6.45) is 0. The van der Waals surface area contributed by atoms with Crippen LogP contribution >= 0.6 is 38.9 Å². The summed E-state index contributed by atoms with van der Waals surface area (Å²) in [5.41, 5.74) is 2.24. The average molecular weight is 331 g/mol. The minimum absolute atomic E-state index is 0.152. The number of rotatable bonds is 3. The van der Waals surface area contributed by atoms with Gasteiger partial charge in [-0.15, -0.1) is 11.3 Å². The van der Waals surface area contributed by atoms with Gasteiger partial charge in [-0.05, 0) is 53.2 Å². The second kappa shape index (κ2) is 5.53. The van der Waals surface area contributed by atoms with Crippen molar-refractivity contribution in [1.29, 1.82) is 0 Å². The first-order valence-electron chi connectivity index (χ1n) is 5.31. The number of aryl methyl sites for hydroxylation is 1. The van der Waals surface area contributed by atoms with E-state index in [2.05, 4.69) is 39.4 Å². The normalized spacial score (nSPS) is 12.7. The molecule has 1 unspecified atom stereocenters. The van der Waals surface area contributed by atoms with Gasteiger partial charge in [0.05, 0.1) is 9.83 Å². The lowest BCUT2D eigenvalue weighted by Crippen LogP contribution is -2.17. The summed E-state index contributed by atoms with van der Waals surface area (Å²) in [5, 5.41) is 4.17. The molecule has 2 rings (SSSR count). The molecular formula is C13H13BrClNS. The molecule has 0 radical (unpaired) electrons. The lowest BCUT2D eigenvalue weighted by Gasteiger charge is -2.17. The third-order valence-corrected chi connectivity index (χ3v) is 4.90. The van der Waals surface area contributed by atoms with Gasteiger partial charge in [0.25, 0.3) is 0 Å². The number of halogens is 2. The molecule has 0 saturated heterocycles. The van der Waals surface area contributed by atoms with Gasteiger partial charge in [-0.3, -0.25) is 0 Å². The van der Waals surface area contributed by atoms with Gasteiger partial charge in [0.2, 0.25) is 0 Å². The molecule has 0 amide bonds. The second-order valence-electron chi connectivity index (χ2n) is 3.84. The summed E-state index contributed by atoms with van der Waals surface area (Å²) in [6, 6.07) is 10.5. The molecule has 0 aliphatic carbocycles. The number of hydrogen-bond acceptors (Lipinski definition) is 2. The predicted octanol–water partition coefficient (Wildman–Crippen LogP) is 4.78. The highest BCUT2D eigenvalue weighted by atomic mass is 79.9. The minimum atomic E-state index is 0.152. The Balaban J connectivity index is 2.45. The highest BCUT2D eigenvalue weighted by molar-refractivity contribution is 9.11. The lowest BCUT2D eigenvalue weighted by molar-refractivity contribution is 0.703. The third-order valence-electron chi connectivity index (χ3n) is 2.70. The van der Waals surface area contributed by atoms with Gasteiger partial charge >= 0.3 is 0 Å². The van der Waals surface area contributed by atoms with Crippen molar-refractivity contribution < 1.29 is 0 Å². The molecule has 1 heterocycles. The Morgan fingerprint density at radius 3 is 2.65 bits per heavy atom. The van der Waals surface area contributed by atoms with Crippen LogP contribution in [0.15, 0.2) is 34.1 Å². The van der Waals surface area contributed by atoms with Crippen molar-refractivity contribution >= 4 is 38.9 Å². The standard InChI is InChI=1S/C13H13BrClNS/c1-8-4-3-5-9(12(8)15)13(16-2)10-6-7-11(14)17-10/h3-7,13,16H,1-2H3. The van der Waals surface area contributed by atoms with Crippen molar-refractivity contribution in [1.82, 2.24) is 5.32 Å². The molecule has 0 aliphatic rings. The Morgan fingerprint density at radius 2 is 2.06 bits per heavy atom.